The zero-order chi connectivity index (χ0) is 18.5. The molecular weight excluding hydrogens is 380 g/mol. The third-order valence-electron chi connectivity index (χ3n) is 3.98. The van der Waals surface area contributed by atoms with Crippen molar-refractivity contribution in [3.8, 4) is 0 Å². The molecule has 0 bridgehead atoms. The molecule has 1 unspecified atom stereocenters. The van der Waals surface area contributed by atoms with Crippen LogP contribution in [0.1, 0.15) is 11.4 Å². The molecule has 26 heavy (non-hydrogen) atoms. The SMILES string of the molecule is CNSNC1CC2=C(/C(C=N)=C/NC(F)F)CN=C(c3nccs3)N2C1. The summed E-state index contributed by atoms with van der Waals surface area (Å²) in [5, 5.41) is 12.3. The molecule has 1 fully saturated rings. The number of halogens is 2. The van der Waals surface area contributed by atoms with E-state index in [1.54, 1.807) is 6.20 Å². The Kier molecular flexibility index (Phi) is 6.35. The van der Waals surface area contributed by atoms with Crippen LogP contribution in [0.3, 0.4) is 0 Å². The molecular formula is C15H19F2N7S2. The molecule has 1 saturated heterocycles. The Bertz CT molecular complexity index is 730. The minimum atomic E-state index is -2.67. The molecule has 0 spiro atoms. The second-order valence-corrected chi connectivity index (χ2v) is 7.29. The van der Waals surface area contributed by atoms with Gasteiger partial charge in [0.1, 0.15) is 0 Å². The molecule has 0 amide bonds. The molecule has 0 saturated carbocycles. The highest BCUT2D eigenvalue weighted by molar-refractivity contribution is 7.95. The summed E-state index contributed by atoms with van der Waals surface area (Å²) in [5.41, 5.74) is 2.19. The predicted molar refractivity (Wildman–Crippen MR) is 101 cm³/mol. The summed E-state index contributed by atoms with van der Waals surface area (Å²) < 4.78 is 31.3. The van der Waals surface area contributed by atoms with Crippen LogP contribution in [0.4, 0.5) is 8.78 Å². The van der Waals surface area contributed by atoms with Crippen molar-refractivity contribution in [2.75, 3.05) is 20.1 Å². The normalized spacial score (nSPS) is 20.5. The molecule has 3 rings (SSSR count). The van der Waals surface area contributed by atoms with E-state index in [0.29, 0.717) is 25.1 Å². The van der Waals surface area contributed by atoms with Crippen molar-refractivity contribution in [3.63, 3.8) is 0 Å². The van der Waals surface area contributed by atoms with Crippen molar-refractivity contribution < 1.29 is 8.78 Å². The van der Waals surface area contributed by atoms with Gasteiger partial charge < -0.3 is 15.6 Å². The lowest BCUT2D eigenvalue weighted by molar-refractivity contribution is 0.125. The Morgan fingerprint density at radius 2 is 2.38 bits per heavy atom. The van der Waals surface area contributed by atoms with E-state index < -0.39 is 6.55 Å². The van der Waals surface area contributed by atoms with Gasteiger partial charge in [0.2, 0.25) is 0 Å². The van der Waals surface area contributed by atoms with Crippen molar-refractivity contribution >= 4 is 35.5 Å². The summed E-state index contributed by atoms with van der Waals surface area (Å²) in [5.74, 6) is 0.795. The number of hydrogen-bond acceptors (Lipinski definition) is 9. The fraction of sp³-hybridized carbons (Fsp3) is 0.400. The number of fused-ring (bicyclic) bond motifs is 1. The standard InChI is InChI=1S/C15H19F2N7S2/c1-19-26-23-10-4-12-11(9(5-18)6-22-15(16)17)7-21-13(24(12)8-10)14-20-2-3-25-14/h2-3,5-6,10,15,18-19,22-23H,4,7-8H2,1H3/b9-6+,18-5?. The van der Waals surface area contributed by atoms with Gasteiger partial charge in [0.15, 0.2) is 10.8 Å². The number of nitrogens with one attached hydrogen (secondary N) is 4. The highest BCUT2D eigenvalue weighted by atomic mass is 32.2. The second kappa shape index (κ2) is 8.71. The summed E-state index contributed by atoms with van der Waals surface area (Å²) in [6.07, 6.45) is 4.72. The fourth-order valence-corrected chi connectivity index (χ4v) is 4.03. The van der Waals surface area contributed by atoms with Crippen molar-refractivity contribution in [2.24, 2.45) is 4.99 Å². The average molecular weight is 399 g/mol. The van der Waals surface area contributed by atoms with Gasteiger partial charge in [0, 0.05) is 72.0 Å². The third-order valence-corrected chi connectivity index (χ3v) is 5.40. The van der Waals surface area contributed by atoms with Crippen LogP contribution in [0.15, 0.2) is 39.6 Å². The van der Waals surface area contributed by atoms with Crippen molar-refractivity contribution in [1.29, 1.82) is 5.41 Å². The first-order chi connectivity index (χ1) is 12.6. The van der Waals surface area contributed by atoms with Crippen molar-refractivity contribution in [2.45, 2.75) is 19.0 Å². The van der Waals surface area contributed by atoms with Crippen molar-refractivity contribution in [3.05, 3.63) is 39.6 Å². The molecule has 1 aromatic rings. The Labute approximate surface area is 158 Å². The molecule has 4 N–H and O–H groups in total. The van der Waals surface area contributed by atoms with Crippen LogP contribution in [0.5, 0.6) is 0 Å². The van der Waals surface area contributed by atoms with Crippen LogP contribution in [-0.4, -0.2) is 54.7 Å². The molecule has 140 valence electrons. The number of nitrogens with zero attached hydrogens (tertiary/aromatic N) is 3. The van der Waals surface area contributed by atoms with Gasteiger partial charge in [-0.2, -0.15) is 8.78 Å². The van der Waals surface area contributed by atoms with Crippen LogP contribution in [0.25, 0.3) is 0 Å². The van der Waals surface area contributed by atoms with E-state index in [0.717, 1.165) is 28.3 Å². The lowest BCUT2D eigenvalue weighted by atomic mass is 10.0. The van der Waals surface area contributed by atoms with Crippen molar-refractivity contribution in [1.82, 2.24) is 24.6 Å². The van der Waals surface area contributed by atoms with Gasteiger partial charge in [-0.25, -0.2) is 9.71 Å². The Hall–Kier alpha value is -1.82. The highest BCUT2D eigenvalue weighted by Crippen LogP contribution is 2.33. The zero-order valence-electron chi connectivity index (χ0n) is 14.0. The van der Waals surface area contributed by atoms with Crippen LogP contribution >= 0.6 is 23.5 Å². The molecule has 0 aliphatic carbocycles. The molecule has 0 radical (unpaired) electrons. The number of rotatable bonds is 8. The minimum Gasteiger partial charge on any atom is -0.336 e. The predicted octanol–water partition coefficient (Wildman–Crippen LogP) is 1.95. The van der Waals surface area contributed by atoms with Gasteiger partial charge in [0.05, 0.1) is 6.54 Å². The Morgan fingerprint density at radius 1 is 1.54 bits per heavy atom. The zero-order valence-corrected chi connectivity index (χ0v) is 15.6. The quantitative estimate of drug-likeness (QED) is 0.304. The van der Waals surface area contributed by atoms with Gasteiger partial charge in [-0.05, 0) is 7.05 Å². The number of aromatic nitrogens is 1. The highest BCUT2D eigenvalue weighted by Gasteiger charge is 2.36. The van der Waals surface area contributed by atoms with Crippen LogP contribution in [-0.2, 0) is 0 Å². The summed E-state index contributed by atoms with van der Waals surface area (Å²) >= 11 is 2.92. The maximum atomic E-state index is 12.5. The van der Waals surface area contributed by atoms with E-state index in [4.69, 9.17) is 5.41 Å². The maximum absolute atomic E-state index is 12.5. The second-order valence-electron chi connectivity index (χ2n) is 5.55. The maximum Gasteiger partial charge on any atom is 0.312 e. The monoisotopic (exact) mass is 399 g/mol. The fourth-order valence-electron chi connectivity index (χ4n) is 2.93. The van der Waals surface area contributed by atoms with Gasteiger partial charge in [-0.1, -0.05) is 0 Å². The third kappa shape index (κ3) is 4.11. The Balaban J connectivity index is 1.92. The smallest absolute Gasteiger partial charge is 0.312 e. The van der Waals surface area contributed by atoms with Crippen LogP contribution in [0.2, 0.25) is 0 Å². The van der Waals surface area contributed by atoms with E-state index in [9.17, 15) is 8.78 Å². The molecule has 1 atom stereocenters. The lowest BCUT2D eigenvalue weighted by Crippen LogP contribution is -2.35. The minimum absolute atomic E-state index is 0.163. The molecule has 2 aliphatic rings. The summed E-state index contributed by atoms with van der Waals surface area (Å²) in [6, 6.07) is 0.163. The van der Waals surface area contributed by atoms with E-state index in [1.807, 2.05) is 17.7 Å². The summed E-state index contributed by atoms with van der Waals surface area (Å²) in [6.45, 7) is -1.65. The summed E-state index contributed by atoms with van der Waals surface area (Å²) in [4.78, 5) is 11.1. The van der Waals surface area contributed by atoms with Gasteiger partial charge in [0.25, 0.3) is 0 Å². The topological polar surface area (TPSA) is 88.4 Å². The molecule has 7 nitrogen and oxygen atoms in total. The van der Waals surface area contributed by atoms with E-state index in [1.165, 1.54) is 29.7 Å². The Morgan fingerprint density at radius 3 is 3.04 bits per heavy atom. The molecule has 2 aliphatic heterocycles. The lowest BCUT2D eigenvalue weighted by Gasteiger charge is -2.28. The first-order valence-corrected chi connectivity index (χ1v) is 9.60. The van der Waals surface area contributed by atoms with Crippen LogP contribution < -0.4 is 14.8 Å². The number of hydrogen-bond donors (Lipinski definition) is 4. The van der Waals surface area contributed by atoms with E-state index in [-0.39, 0.29) is 6.04 Å². The van der Waals surface area contributed by atoms with Gasteiger partial charge in [-0.3, -0.25) is 9.71 Å². The average Bonchev–Trinajstić information content (AvgIpc) is 3.30. The molecule has 11 heteroatoms. The first kappa shape index (κ1) is 19.0. The summed E-state index contributed by atoms with van der Waals surface area (Å²) in [7, 11) is 1.83. The molecule has 0 aromatic carbocycles. The number of alkyl halides is 2. The van der Waals surface area contributed by atoms with Gasteiger partial charge in [-0.15, -0.1) is 11.3 Å². The van der Waals surface area contributed by atoms with E-state index in [2.05, 4.69) is 24.3 Å². The van der Waals surface area contributed by atoms with Crippen LogP contribution in [0, 0.1) is 5.41 Å². The molecule has 1 aromatic heterocycles. The van der Waals surface area contributed by atoms with E-state index >= 15 is 0 Å². The number of thiazole rings is 1. The number of aliphatic imine (C=N–C) groups is 1. The molecule has 3 heterocycles. The first-order valence-electron chi connectivity index (χ1n) is 7.91. The largest absolute Gasteiger partial charge is 0.336 e. The van der Waals surface area contributed by atoms with Gasteiger partial charge >= 0.3 is 6.55 Å². The number of amidine groups is 1.